The fourth-order valence-electron chi connectivity index (χ4n) is 0.763. The van der Waals surface area contributed by atoms with Gasteiger partial charge in [-0.15, -0.1) is 5.92 Å². The number of esters is 1. The zero-order chi connectivity index (χ0) is 10.3. The van der Waals surface area contributed by atoms with Crippen molar-refractivity contribution in [3.63, 3.8) is 0 Å². The second-order valence-electron chi connectivity index (χ2n) is 2.38. The fourth-order valence-corrected chi connectivity index (χ4v) is 0.763. The van der Waals surface area contributed by atoms with Crippen LogP contribution in [0.15, 0.2) is 0 Å². The lowest BCUT2D eigenvalue weighted by Crippen LogP contribution is -2.23. The van der Waals surface area contributed by atoms with E-state index < -0.39 is 18.0 Å². The van der Waals surface area contributed by atoms with Crippen LogP contribution in [0.4, 0.5) is 0 Å². The minimum absolute atomic E-state index is 0.555. The molecule has 0 radical (unpaired) electrons. The standard InChI is InChI=1S/C9H12O4/c1-3-5-7(6-4-2)13-9(12)8(10)11/h7H,3,5H2,1-2H3,(H,10,11). The summed E-state index contributed by atoms with van der Waals surface area (Å²) in [6, 6.07) is 0. The number of carboxylic acid groups (broad SMARTS) is 1. The van der Waals surface area contributed by atoms with Crippen LogP contribution in [0, 0.1) is 11.8 Å². The molecule has 4 heteroatoms. The first-order valence-electron chi connectivity index (χ1n) is 3.98. The summed E-state index contributed by atoms with van der Waals surface area (Å²) in [4.78, 5) is 20.7. The Morgan fingerprint density at radius 3 is 2.54 bits per heavy atom. The first-order valence-corrected chi connectivity index (χ1v) is 3.98. The van der Waals surface area contributed by atoms with Crippen molar-refractivity contribution in [3.05, 3.63) is 0 Å². The van der Waals surface area contributed by atoms with Crippen LogP contribution in [0.25, 0.3) is 0 Å². The molecule has 0 saturated heterocycles. The van der Waals surface area contributed by atoms with Gasteiger partial charge in [-0.25, -0.2) is 9.59 Å². The Kier molecular flexibility index (Phi) is 5.37. The predicted molar refractivity (Wildman–Crippen MR) is 45.9 cm³/mol. The van der Waals surface area contributed by atoms with Gasteiger partial charge < -0.3 is 9.84 Å². The molecule has 0 rings (SSSR count). The van der Waals surface area contributed by atoms with Gasteiger partial charge in [0.2, 0.25) is 0 Å². The molecule has 0 bridgehead atoms. The molecule has 0 aliphatic heterocycles. The number of carbonyl (C=O) groups is 2. The molecule has 0 saturated carbocycles. The molecule has 0 aliphatic rings. The predicted octanol–water partition coefficient (Wildman–Crippen LogP) is 0.806. The van der Waals surface area contributed by atoms with E-state index >= 15 is 0 Å². The summed E-state index contributed by atoms with van der Waals surface area (Å²) in [6.07, 6.45) is 0.741. The maximum Gasteiger partial charge on any atom is 0.418 e. The summed E-state index contributed by atoms with van der Waals surface area (Å²) in [5.41, 5.74) is 0. The second-order valence-corrected chi connectivity index (χ2v) is 2.38. The monoisotopic (exact) mass is 184 g/mol. The zero-order valence-electron chi connectivity index (χ0n) is 7.66. The van der Waals surface area contributed by atoms with Gasteiger partial charge in [-0.2, -0.15) is 0 Å². The van der Waals surface area contributed by atoms with Gasteiger partial charge >= 0.3 is 11.9 Å². The van der Waals surface area contributed by atoms with Gasteiger partial charge in [0.05, 0.1) is 0 Å². The molecule has 0 heterocycles. The van der Waals surface area contributed by atoms with Crippen LogP contribution in [-0.4, -0.2) is 23.1 Å². The summed E-state index contributed by atoms with van der Waals surface area (Å²) in [6.45, 7) is 3.51. The lowest BCUT2D eigenvalue weighted by atomic mass is 10.2. The van der Waals surface area contributed by atoms with Gasteiger partial charge in [-0.05, 0) is 13.3 Å². The number of carbonyl (C=O) groups excluding carboxylic acids is 1. The highest BCUT2D eigenvalue weighted by atomic mass is 16.6. The Bertz CT molecular complexity index is 246. The number of hydrogen-bond acceptors (Lipinski definition) is 3. The number of ether oxygens (including phenoxy) is 1. The first-order chi connectivity index (χ1) is 6.11. The van der Waals surface area contributed by atoms with Crippen LogP contribution in [0.3, 0.4) is 0 Å². The second kappa shape index (κ2) is 6.06. The van der Waals surface area contributed by atoms with Crippen LogP contribution in [0.2, 0.25) is 0 Å². The lowest BCUT2D eigenvalue weighted by Gasteiger charge is -2.08. The number of rotatable bonds is 3. The van der Waals surface area contributed by atoms with E-state index in [1.165, 1.54) is 0 Å². The van der Waals surface area contributed by atoms with Crippen LogP contribution in [0.1, 0.15) is 26.7 Å². The van der Waals surface area contributed by atoms with Crippen molar-refractivity contribution in [3.8, 4) is 11.8 Å². The van der Waals surface area contributed by atoms with Gasteiger partial charge in [-0.1, -0.05) is 19.3 Å². The van der Waals surface area contributed by atoms with E-state index in [1.807, 2.05) is 6.92 Å². The van der Waals surface area contributed by atoms with Crippen LogP contribution in [-0.2, 0) is 14.3 Å². The minimum Gasteiger partial charge on any atom is -0.473 e. The molecule has 0 amide bonds. The molecule has 0 spiro atoms. The number of carboxylic acids is 1. The van der Waals surface area contributed by atoms with Crippen LogP contribution >= 0.6 is 0 Å². The van der Waals surface area contributed by atoms with Gasteiger partial charge in [0.25, 0.3) is 0 Å². The van der Waals surface area contributed by atoms with E-state index in [-0.39, 0.29) is 0 Å². The molecule has 13 heavy (non-hydrogen) atoms. The highest BCUT2D eigenvalue weighted by molar-refractivity contribution is 6.28. The smallest absolute Gasteiger partial charge is 0.418 e. The third-order valence-corrected chi connectivity index (χ3v) is 1.28. The Balaban J connectivity index is 4.14. The molecule has 1 atom stereocenters. The lowest BCUT2D eigenvalue weighted by molar-refractivity contribution is -0.165. The van der Waals surface area contributed by atoms with Gasteiger partial charge in [0, 0.05) is 0 Å². The summed E-state index contributed by atoms with van der Waals surface area (Å²) < 4.78 is 4.58. The SMILES string of the molecule is CC#CC(CCC)OC(=O)C(=O)O. The molecule has 0 aromatic carbocycles. The van der Waals surface area contributed by atoms with Crippen molar-refractivity contribution in [2.45, 2.75) is 32.8 Å². The summed E-state index contributed by atoms with van der Waals surface area (Å²) in [5, 5.41) is 8.24. The van der Waals surface area contributed by atoms with E-state index in [9.17, 15) is 9.59 Å². The van der Waals surface area contributed by atoms with E-state index in [4.69, 9.17) is 5.11 Å². The van der Waals surface area contributed by atoms with Gasteiger partial charge in [-0.3, -0.25) is 0 Å². The van der Waals surface area contributed by atoms with E-state index in [1.54, 1.807) is 6.92 Å². The molecule has 72 valence electrons. The normalized spacial score (nSPS) is 10.9. The molecule has 0 fully saturated rings. The van der Waals surface area contributed by atoms with E-state index in [0.29, 0.717) is 6.42 Å². The summed E-state index contributed by atoms with van der Waals surface area (Å²) >= 11 is 0. The molecule has 0 aromatic rings. The van der Waals surface area contributed by atoms with E-state index in [0.717, 1.165) is 6.42 Å². The molecule has 0 aromatic heterocycles. The van der Waals surface area contributed by atoms with Crippen molar-refractivity contribution in [1.29, 1.82) is 0 Å². The molecule has 1 N–H and O–H groups in total. The molecule has 0 aliphatic carbocycles. The zero-order valence-corrected chi connectivity index (χ0v) is 7.66. The third kappa shape index (κ3) is 4.86. The Labute approximate surface area is 76.9 Å². The van der Waals surface area contributed by atoms with E-state index in [2.05, 4.69) is 16.6 Å². The van der Waals surface area contributed by atoms with Crippen LogP contribution < -0.4 is 0 Å². The first kappa shape index (κ1) is 11.5. The Morgan fingerprint density at radius 1 is 1.54 bits per heavy atom. The Morgan fingerprint density at radius 2 is 2.15 bits per heavy atom. The Hall–Kier alpha value is -1.50. The quantitative estimate of drug-likeness (QED) is 0.400. The maximum atomic E-state index is 10.6. The maximum absolute atomic E-state index is 10.6. The van der Waals surface area contributed by atoms with Crippen LogP contribution in [0.5, 0.6) is 0 Å². The average Bonchev–Trinajstić information content (AvgIpc) is 2.05. The molecule has 1 unspecified atom stereocenters. The highest BCUT2D eigenvalue weighted by Gasteiger charge is 2.17. The van der Waals surface area contributed by atoms with Crippen molar-refractivity contribution >= 4 is 11.9 Å². The fraction of sp³-hybridized carbons (Fsp3) is 0.556. The highest BCUT2D eigenvalue weighted by Crippen LogP contribution is 2.01. The van der Waals surface area contributed by atoms with Crippen molar-refractivity contribution in [1.82, 2.24) is 0 Å². The average molecular weight is 184 g/mol. The topological polar surface area (TPSA) is 63.6 Å². The van der Waals surface area contributed by atoms with Gasteiger partial charge in [0.1, 0.15) is 0 Å². The third-order valence-electron chi connectivity index (χ3n) is 1.28. The summed E-state index contributed by atoms with van der Waals surface area (Å²) in [5.74, 6) is 2.36. The molecular weight excluding hydrogens is 172 g/mol. The molecule has 4 nitrogen and oxygen atoms in total. The number of hydrogen-bond donors (Lipinski definition) is 1. The number of aliphatic carboxylic acids is 1. The minimum atomic E-state index is -1.58. The van der Waals surface area contributed by atoms with Crippen molar-refractivity contribution in [2.75, 3.05) is 0 Å². The van der Waals surface area contributed by atoms with Crippen molar-refractivity contribution < 1.29 is 19.4 Å². The largest absolute Gasteiger partial charge is 0.473 e. The van der Waals surface area contributed by atoms with Crippen molar-refractivity contribution in [2.24, 2.45) is 0 Å². The molecular formula is C9H12O4. The van der Waals surface area contributed by atoms with Gasteiger partial charge in [0.15, 0.2) is 6.10 Å². The summed E-state index contributed by atoms with van der Waals surface area (Å²) in [7, 11) is 0.